The maximum atomic E-state index is 11.8. The number of carbonyl (C=O) groups excluding carboxylic acids is 2. The zero-order chi connectivity index (χ0) is 25.3. The molecular formula is C29H46N2O3. The summed E-state index contributed by atoms with van der Waals surface area (Å²) in [6, 6.07) is 0. The van der Waals surface area contributed by atoms with Gasteiger partial charge in [0.1, 0.15) is 5.60 Å². The molecule has 0 saturated carbocycles. The lowest BCUT2D eigenvalue weighted by molar-refractivity contribution is -0.120. The fourth-order valence-corrected chi connectivity index (χ4v) is 2.62. The van der Waals surface area contributed by atoms with E-state index in [1.807, 2.05) is 26.8 Å². The standard InChI is InChI=1S/C29H46N2O3/c1-5-6-7-8-9-10-11-12-13-14-15-16-17-18-19-20-21-22-23-24-27(32)30-25-26-31-28(33)34-29(2,3)4/h6-7,9-10,12-13,15-16,18-19,21-22H,5,8,11,14,17,20,23-26H2,1-4H3,(H,30,32)(H,31,33)/b7-6-,10-9-,13-12-,16-15-,19-18-,22-21-. The average molecular weight is 471 g/mol. The molecule has 0 bridgehead atoms. The number of nitrogens with one attached hydrogen (secondary N) is 2. The molecule has 0 rings (SSSR count). The van der Waals surface area contributed by atoms with Crippen molar-refractivity contribution >= 4 is 12.0 Å². The Morgan fingerprint density at radius 1 is 0.647 bits per heavy atom. The molecule has 5 heteroatoms. The van der Waals surface area contributed by atoms with Gasteiger partial charge in [0.05, 0.1) is 0 Å². The Balaban J connectivity index is 3.63. The van der Waals surface area contributed by atoms with Gasteiger partial charge in [-0.3, -0.25) is 4.79 Å². The Bertz CT molecular complexity index is 707. The molecule has 34 heavy (non-hydrogen) atoms. The molecule has 0 aliphatic rings. The molecule has 2 N–H and O–H groups in total. The van der Waals surface area contributed by atoms with Crippen LogP contribution in [-0.2, 0) is 9.53 Å². The van der Waals surface area contributed by atoms with Crippen molar-refractivity contribution in [1.82, 2.24) is 10.6 Å². The summed E-state index contributed by atoms with van der Waals surface area (Å²) in [5, 5.41) is 5.40. The molecule has 2 amide bonds. The maximum absolute atomic E-state index is 11.8. The number of ether oxygens (including phenoxy) is 1. The summed E-state index contributed by atoms with van der Waals surface area (Å²) in [5.41, 5.74) is -0.522. The van der Waals surface area contributed by atoms with Crippen LogP contribution in [0.2, 0.25) is 0 Å². The molecule has 0 aromatic rings. The first-order chi connectivity index (χ1) is 16.3. The first-order valence-corrected chi connectivity index (χ1v) is 12.5. The van der Waals surface area contributed by atoms with E-state index in [9.17, 15) is 9.59 Å². The Hall–Kier alpha value is -2.82. The van der Waals surface area contributed by atoms with Crippen LogP contribution in [0, 0.1) is 0 Å². The largest absolute Gasteiger partial charge is 0.444 e. The van der Waals surface area contributed by atoms with Crippen LogP contribution in [0.3, 0.4) is 0 Å². The molecule has 190 valence electrons. The predicted molar refractivity (Wildman–Crippen MR) is 145 cm³/mol. The van der Waals surface area contributed by atoms with E-state index < -0.39 is 11.7 Å². The summed E-state index contributed by atoms with van der Waals surface area (Å²) in [4.78, 5) is 23.3. The molecule has 0 aliphatic heterocycles. The van der Waals surface area contributed by atoms with Crippen molar-refractivity contribution in [2.75, 3.05) is 13.1 Å². The summed E-state index contributed by atoms with van der Waals surface area (Å²) in [5.74, 6) is -0.0227. The van der Waals surface area contributed by atoms with Crippen molar-refractivity contribution in [3.8, 4) is 0 Å². The molecule has 0 aromatic carbocycles. The Morgan fingerprint density at radius 3 is 1.50 bits per heavy atom. The second-order valence-electron chi connectivity index (χ2n) is 8.73. The van der Waals surface area contributed by atoms with Gasteiger partial charge < -0.3 is 15.4 Å². The van der Waals surface area contributed by atoms with Crippen LogP contribution in [0.15, 0.2) is 72.9 Å². The molecule has 5 nitrogen and oxygen atoms in total. The van der Waals surface area contributed by atoms with E-state index in [1.165, 1.54) is 0 Å². The van der Waals surface area contributed by atoms with Gasteiger partial charge in [-0.25, -0.2) is 4.79 Å². The Labute approximate surface area is 207 Å². The third kappa shape index (κ3) is 25.4. The van der Waals surface area contributed by atoms with Crippen LogP contribution >= 0.6 is 0 Å². The quantitative estimate of drug-likeness (QED) is 0.176. The molecule has 0 radical (unpaired) electrons. The van der Waals surface area contributed by atoms with E-state index in [1.54, 1.807) is 0 Å². The zero-order valence-corrected chi connectivity index (χ0v) is 21.7. The number of rotatable bonds is 17. The normalized spacial score (nSPS) is 12.8. The Kier molecular flexibility index (Phi) is 20.2. The minimum Gasteiger partial charge on any atom is -0.444 e. The number of hydrogen-bond donors (Lipinski definition) is 2. The van der Waals surface area contributed by atoms with Gasteiger partial charge in [-0.15, -0.1) is 0 Å². The van der Waals surface area contributed by atoms with Gasteiger partial charge in [0.15, 0.2) is 0 Å². The monoisotopic (exact) mass is 470 g/mol. The maximum Gasteiger partial charge on any atom is 0.407 e. The molecule has 0 spiro atoms. The highest BCUT2D eigenvalue weighted by Gasteiger charge is 2.15. The summed E-state index contributed by atoms with van der Waals surface area (Å²) in [6.07, 6.45) is 32.5. The number of amides is 2. The van der Waals surface area contributed by atoms with Crippen molar-refractivity contribution < 1.29 is 14.3 Å². The van der Waals surface area contributed by atoms with Gasteiger partial charge >= 0.3 is 6.09 Å². The van der Waals surface area contributed by atoms with Crippen molar-refractivity contribution in [2.24, 2.45) is 0 Å². The highest BCUT2D eigenvalue weighted by Crippen LogP contribution is 2.06. The predicted octanol–water partition coefficient (Wildman–Crippen LogP) is 7.11. The molecule has 0 aromatic heterocycles. The molecule has 0 heterocycles. The highest BCUT2D eigenvalue weighted by atomic mass is 16.6. The summed E-state index contributed by atoms with van der Waals surface area (Å²) in [6.45, 7) is 8.31. The molecule has 0 aliphatic carbocycles. The minimum atomic E-state index is -0.522. The molecule has 0 unspecified atom stereocenters. The fraction of sp³-hybridized carbons (Fsp3) is 0.517. The molecule has 0 saturated heterocycles. The van der Waals surface area contributed by atoms with Gasteiger partial charge in [0.25, 0.3) is 0 Å². The summed E-state index contributed by atoms with van der Waals surface area (Å²) in [7, 11) is 0. The lowest BCUT2D eigenvalue weighted by atomic mass is 10.2. The van der Waals surface area contributed by atoms with E-state index in [0.29, 0.717) is 25.9 Å². The summed E-state index contributed by atoms with van der Waals surface area (Å²) < 4.78 is 5.13. The number of allylic oxidation sites excluding steroid dienone is 12. The highest BCUT2D eigenvalue weighted by molar-refractivity contribution is 5.76. The topological polar surface area (TPSA) is 67.4 Å². The second-order valence-corrected chi connectivity index (χ2v) is 8.73. The van der Waals surface area contributed by atoms with Crippen LogP contribution < -0.4 is 10.6 Å². The van der Waals surface area contributed by atoms with Crippen molar-refractivity contribution in [3.63, 3.8) is 0 Å². The smallest absolute Gasteiger partial charge is 0.407 e. The van der Waals surface area contributed by atoms with Crippen molar-refractivity contribution in [1.29, 1.82) is 0 Å². The Morgan fingerprint density at radius 2 is 1.06 bits per heavy atom. The number of alkyl carbamates (subject to hydrolysis) is 1. The first kappa shape index (κ1) is 31.2. The lowest BCUT2D eigenvalue weighted by Gasteiger charge is -2.19. The number of hydrogen-bond acceptors (Lipinski definition) is 3. The lowest BCUT2D eigenvalue weighted by Crippen LogP contribution is -2.37. The van der Waals surface area contributed by atoms with Crippen LogP contribution in [0.5, 0.6) is 0 Å². The average Bonchev–Trinajstić information content (AvgIpc) is 2.77. The van der Waals surface area contributed by atoms with Crippen LogP contribution in [0.4, 0.5) is 4.79 Å². The fourth-order valence-electron chi connectivity index (χ4n) is 2.62. The number of carbonyl (C=O) groups is 2. The molecular weight excluding hydrogens is 424 g/mol. The SMILES string of the molecule is CC/C=C\C/C=C\C/C=C\C/C=C\C/C=C\C/C=C\CCC(=O)NCCNC(=O)OC(C)(C)C. The van der Waals surface area contributed by atoms with Gasteiger partial charge in [-0.1, -0.05) is 79.8 Å². The van der Waals surface area contributed by atoms with Crippen molar-refractivity contribution in [3.05, 3.63) is 72.9 Å². The second kappa shape index (κ2) is 22.0. The van der Waals surface area contributed by atoms with E-state index in [-0.39, 0.29) is 5.91 Å². The minimum absolute atomic E-state index is 0.0227. The van der Waals surface area contributed by atoms with Crippen molar-refractivity contribution in [2.45, 2.75) is 84.7 Å². The summed E-state index contributed by atoms with van der Waals surface area (Å²) >= 11 is 0. The molecule has 0 atom stereocenters. The molecule has 0 fully saturated rings. The van der Waals surface area contributed by atoms with Gasteiger partial charge in [-0.2, -0.15) is 0 Å². The van der Waals surface area contributed by atoms with Crippen LogP contribution in [-0.4, -0.2) is 30.7 Å². The van der Waals surface area contributed by atoms with Crippen LogP contribution in [0.25, 0.3) is 0 Å². The van der Waals surface area contributed by atoms with E-state index in [2.05, 4.69) is 84.4 Å². The van der Waals surface area contributed by atoms with E-state index in [4.69, 9.17) is 4.74 Å². The van der Waals surface area contributed by atoms with E-state index >= 15 is 0 Å². The van der Waals surface area contributed by atoms with Gasteiger partial charge in [0.2, 0.25) is 5.91 Å². The van der Waals surface area contributed by atoms with Crippen LogP contribution in [0.1, 0.15) is 79.1 Å². The third-order valence-corrected chi connectivity index (χ3v) is 4.25. The first-order valence-electron chi connectivity index (χ1n) is 12.5. The van der Waals surface area contributed by atoms with Gasteiger partial charge in [0, 0.05) is 19.5 Å². The van der Waals surface area contributed by atoms with Gasteiger partial charge in [-0.05, 0) is 65.7 Å². The third-order valence-electron chi connectivity index (χ3n) is 4.25. The zero-order valence-electron chi connectivity index (χ0n) is 21.7. The van der Waals surface area contributed by atoms with E-state index in [0.717, 1.165) is 38.5 Å².